The van der Waals surface area contributed by atoms with E-state index in [2.05, 4.69) is 26.3 Å². The van der Waals surface area contributed by atoms with Crippen LogP contribution in [0.15, 0.2) is 42.7 Å². The Balaban J connectivity index is 1.64. The van der Waals surface area contributed by atoms with E-state index in [-0.39, 0.29) is 0 Å². The van der Waals surface area contributed by atoms with E-state index in [4.69, 9.17) is 5.73 Å². The van der Waals surface area contributed by atoms with E-state index in [9.17, 15) is 5.11 Å². The Bertz CT molecular complexity index is 897. The molecule has 0 unspecified atom stereocenters. The predicted molar refractivity (Wildman–Crippen MR) is 93.5 cm³/mol. The van der Waals surface area contributed by atoms with Crippen LogP contribution in [0.4, 0.5) is 11.6 Å². The van der Waals surface area contributed by atoms with Crippen LogP contribution in [0.3, 0.4) is 0 Å². The summed E-state index contributed by atoms with van der Waals surface area (Å²) >= 11 is 0. The summed E-state index contributed by atoms with van der Waals surface area (Å²) in [5.41, 5.74) is 7.58. The van der Waals surface area contributed by atoms with Crippen molar-refractivity contribution in [1.82, 2.24) is 15.0 Å². The normalized spacial score (nSPS) is 19.9. The third kappa shape index (κ3) is 2.55. The maximum Gasteiger partial charge on any atom is 0.166 e. The standard InChI is InChI=1S/C18H19N5O/c19-15-8-7-13-16(21-11-22-17(13)23-15)20-10-18(24)9-3-5-12-4-1-2-6-14(12)18/h1-2,4,6-8,11,24H,3,5,9-10H2,(H3,19,20,21,22,23)/t18-/m1/s1. The number of nitrogens with one attached hydrogen (secondary N) is 1. The Kier molecular flexibility index (Phi) is 3.54. The lowest BCUT2D eigenvalue weighted by molar-refractivity contribution is 0.0322. The lowest BCUT2D eigenvalue weighted by Crippen LogP contribution is -2.37. The van der Waals surface area contributed by atoms with Crippen LogP contribution in [0.5, 0.6) is 0 Å². The zero-order valence-corrected chi connectivity index (χ0v) is 13.2. The van der Waals surface area contributed by atoms with Crippen LogP contribution >= 0.6 is 0 Å². The van der Waals surface area contributed by atoms with Crippen molar-refractivity contribution in [1.29, 1.82) is 0 Å². The van der Waals surface area contributed by atoms with Crippen LogP contribution in [0.25, 0.3) is 11.0 Å². The fraction of sp³-hybridized carbons (Fsp3) is 0.278. The number of nitrogens with zero attached hydrogens (tertiary/aromatic N) is 3. The van der Waals surface area contributed by atoms with Gasteiger partial charge in [0.25, 0.3) is 0 Å². The zero-order chi connectivity index (χ0) is 16.6. The van der Waals surface area contributed by atoms with Crippen molar-refractivity contribution in [2.24, 2.45) is 0 Å². The molecule has 1 aromatic carbocycles. The first-order chi connectivity index (χ1) is 11.7. The highest BCUT2D eigenvalue weighted by Gasteiger charge is 2.34. The van der Waals surface area contributed by atoms with Gasteiger partial charge in [-0.2, -0.15) is 0 Å². The molecule has 1 atom stereocenters. The molecule has 24 heavy (non-hydrogen) atoms. The third-order valence-corrected chi connectivity index (χ3v) is 4.62. The smallest absolute Gasteiger partial charge is 0.166 e. The highest BCUT2D eigenvalue weighted by atomic mass is 16.3. The van der Waals surface area contributed by atoms with Gasteiger partial charge in [0.2, 0.25) is 0 Å². The van der Waals surface area contributed by atoms with Crippen LogP contribution in [-0.4, -0.2) is 26.6 Å². The van der Waals surface area contributed by atoms with Crippen LogP contribution in [0.2, 0.25) is 0 Å². The van der Waals surface area contributed by atoms with Gasteiger partial charge in [-0.25, -0.2) is 15.0 Å². The van der Waals surface area contributed by atoms with Crippen molar-refractivity contribution in [3.8, 4) is 0 Å². The van der Waals surface area contributed by atoms with Crippen molar-refractivity contribution in [2.75, 3.05) is 17.6 Å². The molecule has 0 spiro atoms. The monoisotopic (exact) mass is 321 g/mol. The maximum atomic E-state index is 11.2. The molecule has 122 valence electrons. The average molecular weight is 321 g/mol. The summed E-state index contributed by atoms with van der Waals surface area (Å²) in [4.78, 5) is 12.6. The fourth-order valence-electron chi connectivity index (χ4n) is 3.41. The summed E-state index contributed by atoms with van der Waals surface area (Å²) in [6.07, 6.45) is 4.16. The molecule has 0 radical (unpaired) electrons. The number of aromatic nitrogens is 3. The second-order valence-electron chi connectivity index (χ2n) is 6.23. The Hall–Kier alpha value is -2.73. The van der Waals surface area contributed by atoms with Gasteiger partial charge in [-0.15, -0.1) is 0 Å². The molecule has 0 saturated heterocycles. The summed E-state index contributed by atoms with van der Waals surface area (Å²) in [6, 6.07) is 11.7. The number of hydrogen-bond donors (Lipinski definition) is 3. The number of aryl methyl sites for hydroxylation is 1. The molecule has 3 aromatic rings. The molecule has 2 aromatic heterocycles. The maximum absolute atomic E-state index is 11.2. The minimum atomic E-state index is -0.895. The van der Waals surface area contributed by atoms with Gasteiger partial charge in [0.05, 0.1) is 5.39 Å². The number of nitrogens with two attached hydrogens (primary N) is 1. The summed E-state index contributed by atoms with van der Waals surface area (Å²) < 4.78 is 0. The van der Waals surface area contributed by atoms with E-state index in [1.165, 1.54) is 11.9 Å². The third-order valence-electron chi connectivity index (χ3n) is 4.62. The van der Waals surface area contributed by atoms with E-state index >= 15 is 0 Å². The highest BCUT2D eigenvalue weighted by Crippen LogP contribution is 2.35. The molecule has 0 fully saturated rings. The van der Waals surface area contributed by atoms with Gasteiger partial charge < -0.3 is 16.2 Å². The quantitative estimate of drug-likeness (QED) is 0.684. The van der Waals surface area contributed by atoms with Gasteiger partial charge in [0, 0.05) is 6.54 Å². The SMILES string of the molecule is Nc1ccc2c(NC[C@]3(O)CCCc4ccccc43)ncnc2n1. The number of nitrogen functional groups attached to an aromatic ring is 1. The lowest BCUT2D eigenvalue weighted by Gasteiger charge is -2.34. The number of anilines is 2. The van der Waals surface area contributed by atoms with Crippen molar-refractivity contribution in [3.63, 3.8) is 0 Å². The Labute approximate surface area is 139 Å². The molecule has 4 N–H and O–H groups in total. The van der Waals surface area contributed by atoms with Gasteiger partial charge in [0.1, 0.15) is 23.6 Å². The molecular formula is C18H19N5O. The molecular weight excluding hydrogens is 302 g/mol. The second-order valence-corrected chi connectivity index (χ2v) is 6.23. The van der Waals surface area contributed by atoms with Gasteiger partial charge in [-0.1, -0.05) is 24.3 Å². The molecule has 6 nitrogen and oxygen atoms in total. The highest BCUT2D eigenvalue weighted by molar-refractivity contribution is 5.87. The van der Waals surface area contributed by atoms with Crippen molar-refractivity contribution < 1.29 is 5.11 Å². The number of benzene rings is 1. The first-order valence-electron chi connectivity index (χ1n) is 8.08. The molecule has 0 saturated carbocycles. The molecule has 0 aliphatic heterocycles. The number of pyridine rings is 1. The molecule has 1 aliphatic carbocycles. The summed E-state index contributed by atoms with van der Waals surface area (Å²) in [7, 11) is 0. The van der Waals surface area contributed by atoms with E-state index in [0.29, 0.717) is 23.8 Å². The predicted octanol–water partition coefficient (Wildman–Crippen LogP) is 2.24. The first-order valence-corrected chi connectivity index (χ1v) is 8.08. The minimum Gasteiger partial charge on any atom is -0.384 e. The zero-order valence-electron chi connectivity index (χ0n) is 13.2. The Morgan fingerprint density at radius 2 is 2.04 bits per heavy atom. The fourth-order valence-corrected chi connectivity index (χ4v) is 3.41. The first kappa shape index (κ1) is 14.8. The van der Waals surface area contributed by atoms with Crippen molar-refractivity contribution in [3.05, 3.63) is 53.9 Å². The van der Waals surface area contributed by atoms with Gasteiger partial charge in [-0.3, -0.25) is 0 Å². The summed E-state index contributed by atoms with van der Waals surface area (Å²) in [5, 5.41) is 15.2. The second kappa shape index (κ2) is 5.72. The van der Waals surface area contributed by atoms with Crippen molar-refractivity contribution in [2.45, 2.75) is 24.9 Å². The topological polar surface area (TPSA) is 97.0 Å². The lowest BCUT2D eigenvalue weighted by atomic mass is 9.79. The van der Waals surface area contributed by atoms with Crippen LogP contribution in [-0.2, 0) is 12.0 Å². The van der Waals surface area contributed by atoms with Crippen LogP contribution < -0.4 is 11.1 Å². The number of aliphatic hydroxyl groups is 1. The van der Waals surface area contributed by atoms with E-state index in [0.717, 1.165) is 30.2 Å². The largest absolute Gasteiger partial charge is 0.384 e. The number of hydrogen-bond acceptors (Lipinski definition) is 6. The Morgan fingerprint density at radius 3 is 2.96 bits per heavy atom. The minimum absolute atomic E-state index is 0.389. The molecule has 6 heteroatoms. The molecule has 0 bridgehead atoms. The molecule has 4 rings (SSSR count). The van der Waals surface area contributed by atoms with Crippen molar-refractivity contribution >= 4 is 22.7 Å². The van der Waals surface area contributed by atoms with Crippen LogP contribution in [0.1, 0.15) is 24.0 Å². The Morgan fingerprint density at radius 1 is 1.17 bits per heavy atom. The average Bonchev–Trinajstić information content (AvgIpc) is 2.60. The summed E-state index contributed by atoms with van der Waals surface area (Å²) in [5.74, 6) is 1.08. The van der Waals surface area contributed by atoms with Gasteiger partial charge >= 0.3 is 0 Å². The number of rotatable bonds is 3. The van der Waals surface area contributed by atoms with Gasteiger partial charge in [0.15, 0.2) is 5.65 Å². The number of fused-ring (bicyclic) bond motifs is 2. The molecule has 1 aliphatic rings. The van der Waals surface area contributed by atoms with E-state index in [1.54, 1.807) is 6.07 Å². The van der Waals surface area contributed by atoms with Gasteiger partial charge in [-0.05, 0) is 42.5 Å². The summed E-state index contributed by atoms with van der Waals surface area (Å²) in [6.45, 7) is 0.389. The van der Waals surface area contributed by atoms with Crippen LogP contribution in [0, 0.1) is 0 Å². The van der Waals surface area contributed by atoms with E-state index in [1.807, 2.05) is 24.3 Å². The van der Waals surface area contributed by atoms with E-state index < -0.39 is 5.60 Å². The molecule has 0 amide bonds. The molecule has 2 heterocycles.